The van der Waals surface area contributed by atoms with Crippen molar-refractivity contribution in [1.82, 2.24) is 0 Å². The van der Waals surface area contributed by atoms with Gasteiger partial charge in [0.2, 0.25) is 0 Å². The summed E-state index contributed by atoms with van der Waals surface area (Å²) < 4.78 is 0. The minimum Gasteiger partial charge on any atom is -0.478 e. The van der Waals surface area contributed by atoms with Crippen LogP contribution in [0.25, 0.3) is 0 Å². The number of hydrogen-bond acceptors (Lipinski definition) is 2. The molecule has 0 aromatic rings. The summed E-state index contributed by atoms with van der Waals surface area (Å²) in [5, 5.41) is 18.8. The molecule has 0 saturated heterocycles. The average Bonchev–Trinajstić information content (AvgIpc) is 2.50. The first-order chi connectivity index (χ1) is 10.9. The zero-order chi connectivity index (χ0) is 17.2. The number of carboxylic acids is 1. The maximum atomic E-state index is 11.3. The van der Waals surface area contributed by atoms with E-state index in [0.29, 0.717) is 24.3 Å². The fraction of sp³-hybridized carbons (Fsp3) is 0.550. The van der Waals surface area contributed by atoms with Gasteiger partial charge in [0.05, 0.1) is 6.61 Å². The smallest absolute Gasteiger partial charge is 0.331 e. The predicted molar refractivity (Wildman–Crippen MR) is 95.3 cm³/mol. The van der Waals surface area contributed by atoms with Gasteiger partial charge in [-0.1, -0.05) is 36.0 Å². The van der Waals surface area contributed by atoms with E-state index in [-0.39, 0.29) is 6.61 Å². The molecule has 3 nitrogen and oxygen atoms in total. The first-order valence-electron chi connectivity index (χ1n) is 8.46. The number of aliphatic hydroxyl groups excluding tert-OH is 1. The zero-order valence-corrected chi connectivity index (χ0v) is 14.5. The highest BCUT2D eigenvalue weighted by molar-refractivity contribution is 5.86. The monoisotopic (exact) mass is 318 g/mol. The molecule has 0 bridgehead atoms. The molecule has 0 saturated carbocycles. The van der Waals surface area contributed by atoms with Crippen LogP contribution in [0.3, 0.4) is 0 Å². The second-order valence-electron chi connectivity index (χ2n) is 6.50. The van der Waals surface area contributed by atoms with E-state index in [4.69, 9.17) is 0 Å². The third-order valence-electron chi connectivity index (χ3n) is 4.52. The second kappa shape index (κ2) is 10.2. The van der Waals surface area contributed by atoms with Crippen molar-refractivity contribution in [3.8, 4) is 0 Å². The summed E-state index contributed by atoms with van der Waals surface area (Å²) in [6.45, 7) is 8.32. The molecular weight excluding hydrogens is 288 g/mol. The highest BCUT2D eigenvalue weighted by atomic mass is 16.4. The third kappa shape index (κ3) is 7.47. The van der Waals surface area contributed by atoms with Crippen molar-refractivity contribution in [3.63, 3.8) is 0 Å². The molecular formula is C20H30O3. The summed E-state index contributed by atoms with van der Waals surface area (Å²) in [6, 6.07) is 0. The number of aliphatic carboxylic acids is 1. The Morgan fingerprint density at radius 1 is 1.22 bits per heavy atom. The Labute approximate surface area is 140 Å². The van der Waals surface area contributed by atoms with Crippen molar-refractivity contribution in [2.75, 3.05) is 6.61 Å². The van der Waals surface area contributed by atoms with Gasteiger partial charge in [-0.15, -0.1) is 0 Å². The first-order valence-corrected chi connectivity index (χ1v) is 8.46. The molecule has 1 atom stereocenters. The van der Waals surface area contributed by atoms with E-state index in [9.17, 15) is 15.0 Å². The highest BCUT2D eigenvalue weighted by Gasteiger charge is 2.11. The molecule has 1 rings (SSSR count). The molecule has 2 N–H and O–H groups in total. The summed E-state index contributed by atoms with van der Waals surface area (Å²) in [5.41, 5.74) is 3.96. The van der Waals surface area contributed by atoms with Gasteiger partial charge in [0.25, 0.3) is 0 Å². The molecule has 0 spiro atoms. The molecule has 128 valence electrons. The maximum absolute atomic E-state index is 11.3. The van der Waals surface area contributed by atoms with Crippen LogP contribution in [0, 0.1) is 5.92 Å². The van der Waals surface area contributed by atoms with Crippen LogP contribution in [-0.2, 0) is 4.79 Å². The van der Waals surface area contributed by atoms with Gasteiger partial charge in [0.15, 0.2) is 0 Å². The van der Waals surface area contributed by atoms with E-state index in [2.05, 4.69) is 26.5 Å². The van der Waals surface area contributed by atoms with E-state index in [1.165, 1.54) is 11.1 Å². The van der Waals surface area contributed by atoms with Crippen LogP contribution in [-0.4, -0.2) is 22.8 Å². The Hall–Kier alpha value is -1.61. The third-order valence-corrected chi connectivity index (χ3v) is 4.52. The van der Waals surface area contributed by atoms with Crippen LogP contribution in [0.15, 0.2) is 47.1 Å². The molecule has 1 aliphatic carbocycles. The second-order valence-corrected chi connectivity index (χ2v) is 6.50. The number of hydrogen-bond donors (Lipinski definition) is 2. The molecule has 1 aliphatic rings. The Balaban J connectivity index is 2.93. The van der Waals surface area contributed by atoms with Crippen LogP contribution in [0.4, 0.5) is 0 Å². The molecule has 3 heteroatoms. The quantitative estimate of drug-likeness (QED) is 0.735. The summed E-state index contributed by atoms with van der Waals surface area (Å²) in [4.78, 5) is 11.3. The molecule has 23 heavy (non-hydrogen) atoms. The van der Waals surface area contributed by atoms with Gasteiger partial charge in [-0.05, 0) is 70.3 Å². The molecule has 0 amide bonds. The molecule has 1 unspecified atom stereocenters. The minimum atomic E-state index is -0.833. The van der Waals surface area contributed by atoms with Crippen molar-refractivity contribution < 1.29 is 15.0 Å². The molecule has 0 fully saturated rings. The highest BCUT2D eigenvalue weighted by Crippen LogP contribution is 2.24. The van der Waals surface area contributed by atoms with Crippen LogP contribution in [0.2, 0.25) is 0 Å². The van der Waals surface area contributed by atoms with E-state index in [1.807, 2.05) is 12.2 Å². The fourth-order valence-corrected chi connectivity index (χ4v) is 2.82. The lowest BCUT2D eigenvalue weighted by atomic mass is 9.89. The number of rotatable bonds is 3. The summed E-state index contributed by atoms with van der Waals surface area (Å²) >= 11 is 0. The Morgan fingerprint density at radius 2 is 1.91 bits per heavy atom. The van der Waals surface area contributed by atoms with Crippen molar-refractivity contribution in [1.29, 1.82) is 0 Å². The van der Waals surface area contributed by atoms with Crippen LogP contribution in [0.1, 0.15) is 58.8 Å². The Morgan fingerprint density at radius 3 is 2.52 bits per heavy atom. The predicted octanol–water partition coefficient (Wildman–Crippen LogP) is 4.80. The van der Waals surface area contributed by atoms with Gasteiger partial charge in [0, 0.05) is 5.57 Å². The van der Waals surface area contributed by atoms with E-state index in [0.717, 1.165) is 37.7 Å². The summed E-state index contributed by atoms with van der Waals surface area (Å²) in [6.07, 6.45) is 11.7. The molecule has 0 heterocycles. The molecule has 0 aromatic heterocycles. The van der Waals surface area contributed by atoms with Crippen LogP contribution in [0.5, 0.6) is 0 Å². The lowest BCUT2D eigenvalue weighted by Gasteiger charge is -2.17. The summed E-state index contributed by atoms with van der Waals surface area (Å²) in [5.74, 6) is -0.395. The van der Waals surface area contributed by atoms with Gasteiger partial charge in [-0.25, -0.2) is 4.79 Å². The lowest BCUT2D eigenvalue weighted by Crippen LogP contribution is -2.04. The molecule has 0 aromatic carbocycles. The zero-order valence-electron chi connectivity index (χ0n) is 14.5. The first kappa shape index (κ1) is 19.4. The summed E-state index contributed by atoms with van der Waals surface area (Å²) in [7, 11) is 0. The minimum absolute atomic E-state index is 0.0455. The van der Waals surface area contributed by atoms with Crippen molar-refractivity contribution in [3.05, 3.63) is 47.1 Å². The fourth-order valence-electron chi connectivity index (χ4n) is 2.82. The van der Waals surface area contributed by atoms with E-state index in [1.54, 1.807) is 0 Å². The Bertz CT molecular complexity index is 509. The van der Waals surface area contributed by atoms with Crippen LogP contribution >= 0.6 is 0 Å². The van der Waals surface area contributed by atoms with Gasteiger partial charge < -0.3 is 10.2 Å². The standard InChI is InChI=1S/C20H30O3/c1-15(2)18-12-10-16(3)6-4-8-19(20(22)23)9-5-7-17(14-21)11-13-18/h7-8,10,18,21H,1,4-6,9,11-14H2,2-3H3,(H,22,23). The van der Waals surface area contributed by atoms with Crippen molar-refractivity contribution in [2.45, 2.75) is 58.8 Å². The normalized spacial score (nSPS) is 21.5. The SMILES string of the molecule is C=C(C)C1CC=C(C)CCC=C(C(=O)O)CCC=C(CO)CC1. The molecule has 0 radical (unpaired) electrons. The topological polar surface area (TPSA) is 57.5 Å². The largest absolute Gasteiger partial charge is 0.478 e. The van der Waals surface area contributed by atoms with E-state index >= 15 is 0 Å². The van der Waals surface area contributed by atoms with Gasteiger partial charge >= 0.3 is 5.97 Å². The van der Waals surface area contributed by atoms with Crippen molar-refractivity contribution in [2.24, 2.45) is 5.92 Å². The Kier molecular flexibility index (Phi) is 8.64. The van der Waals surface area contributed by atoms with E-state index < -0.39 is 5.97 Å². The van der Waals surface area contributed by atoms with Gasteiger partial charge in [-0.3, -0.25) is 0 Å². The molecule has 0 aliphatic heterocycles. The lowest BCUT2D eigenvalue weighted by molar-refractivity contribution is -0.132. The van der Waals surface area contributed by atoms with Crippen molar-refractivity contribution >= 4 is 5.97 Å². The maximum Gasteiger partial charge on any atom is 0.331 e. The van der Waals surface area contributed by atoms with Gasteiger partial charge in [-0.2, -0.15) is 0 Å². The number of aliphatic hydroxyl groups is 1. The number of allylic oxidation sites excluding steroid dienone is 5. The average molecular weight is 318 g/mol. The van der Waals surface area contributed by atoms with Crippen LogP contribution < -0.4 is 0 Å². The van der Waals surface area contributed by atoms with Gasteiger partial charge in [0.1, 0.15) is 0 Å². The number of carbonyl (C=O) groups is 1. The number of carboxylic acid groups (broad SMARTS) is 1.